The van der Waals surface area contributed by atoms with E-state index < -0.39 is 5.92 Å². The van der Waals surface area contributed by atoms with Crippen molar-refractivity contribution in [1.82, 2.24) is 19.9 Å². The van der Waals surface area contributed by atoms with Crippen LogP contribution in [0.5, 0.6) is 0 Å². The minimum atomic E-state index is -0.392. The molecule has 0 amide bonds. The first kappa shape index (κ1) is 13.7. The number of nitrogens with zero attached hydrogens (tertiary/aromatic N) is 4. The summed E-state index contributed by atoms with van der Waals surface area (Å²) in [7, 11) is 4.14. The van der Waals surface area contributed by atoms with Gasteiger partial charge in [0.2, 0.25) is 5.89 Å². The van der Waals surface area contributed by atoms with Gasteiger partial charge in [0.25, 0.3) is 0 Å². The fraction of sp³-hybridized carbons (Fsp3) is 0.769. The number of Topliss-reactive ketones (excluding diaryl/α,β-unsaturated/α-hetero) is 1. The summed E-state index contributed by atoms with van der Waals surface area (Å²) in [6.07, 6.45) is 0.425. The standard InChI is InChI=1S/C13H20N4O3/c1-16-4-5-17(2)10(7-16)12-14-13(20-15-12)9-8-19-6-3-11(9)18/h9-10H,3-8H2,1-2H3. The van der Waals surface area contributed by atoms with E-state index in [1.807, 2.05) is 0 Å². The maximum absolute atomic E-state index is 11.9. The van der Waals surface area contributed by atoms with Gasteiger partial charge in [0.15, 0.2) is 5.82 Å². The van der Waals surface area contributed by atoms with Crippen molar-refractivity contribution in [3.8, 4) is 0 Å². The van der Waals surface area contributed by atoms with Crippen LogP contribution < -0.4 is 0 Å². The SMILES string of the molecule is CN1CCN(C)C(c2noc(C3COCCC3=O)n2)C1. The number of piperazine rings is 1. The average molecular weight is 280 g/mol. The predicted octanol–water partition coefficient (Wildman–Crippen LogP) is 0.0609. The van der Waals surface area contributed by atoms with Crippen LogP contribution in [0.1, 0.15) is 30.1 Å². The Balaban J connectivity index is 1.77. The zero-order chi connectivity index (χ0) is 14.1. The summed E-state index contributed by atoms with van der Waals surface area (Å²) in [6.45, 7) is 3.71. The Morgan fingerprint density at radius 2 is 2.15 bits per heavy atom. The van der Waals surface area contributed by atoms with Gasteiger partial charge in [0, 0.05) is 26.1 Å². The first-order valence-corrected chi connectivity index (χ1v) is 6.98. The zero-order valence-electron chi connectivity index (χ0n) is 11.9. The van der Waals surface area contributed by atoms with Crippen molar-refractivity contribution in [2.24, 2.45) is 0 Å². The summed E-state index contributed by atoms with van der Waals surface area (Å²) in [4.78, 5) is 20.8. The monoisotopic (exact) mass is 280 g/mol. The van der Waals surface area contributed by atoms with Gasteiger partial charge in [-0.2, -0.15) is 4.98 Å². The third kappa shape index (κ3) is 2.61. The summed E-state index contributed by atoms with van der Waals surface area (Å²) in [5.41, 5.74) is 0. The zero-order valence-corrected chi connectivity index (χ0v) is 11.9. The minimum absolute atomic E-state index is 0.117. The topological polar surface area (TPSA) is 71.7 Å². The third-order valence-corrected chi connectivity index (χ3v) is 4.07. The summed E-state index contributed by atoms with van der Waals surface area (Å²) < 4.78 is 10.6. The van der Waals surface area contributed by atoms with E-state index in [2.05, 4.69) is 34.0 Å². The van der Waals surface area contributed by atoms with Gasteiger partial charge in [0.1, 0.15) is 11.7 Å². The molecule has 0 aliphatic carbocycles. The molecule has 0 saturated carbocycles. The Morgan fingerprint density at radius 1 is 1.30 bits per heavy atom. The molecule has 0 aromatic carbocycles. The van der Waals surface area contributed by atoms with Gasteiger partial charge in [-0.25, -0.2) is 0 Å². The Hall–Kier alpha value is -1.31. The fourth-order valence-corrected chi connectivity index (χ4v) is 2.66. The second-order valence-electron chi connectivity index (χ2n) is 5.59. The van der Waals surface area contributed by atoms with Crippen LogP contribution in [-0.2, 0) is 9.53 Å². The van der Waals surface area contributed by atoms with Crippen molar-refractivity contribution < 1.29 is 14.1 Å². The van der Waals surface area contributed by atoms with Crippen molar-refractivity contribution >= 4 is 5.78 Å². The van der Waals surface area contributed by atoms with Crippen LogP contribution in [0, 0.1) is 0 Å². The van der Waals surface area contributed by atoms with E-state index >= 15 is 0 Å². The third-order valence-electron chi connectivity index (χ3n) is 4.07. The van der Waals surface area contributed by atoms with E-state index in [1.54, 1.807) is 0 Å². The highest BCUT2D eigenvalue weighted by Crippen LogP contribution is 2.25. The van der Waals surface area contributed by atoms with Crippen LogP contribution in [0.3, 0.4) is 0 Å². The molecule has 2 unspecified atom stereocenters. The highest BCUT2D eigenvalue weighted by molar-refractivity contribution is 5.85. The number of hydrogen-bond donors (Lipinski definition) is 0. The van der Waals surface area contributed by atoms with Crippen molar-refractivity contribution in [1.29, 1.82) is 0 Å². The molecule has 3 rings (SSSR count). The Morgan fingerprint density at radius 3 is 2.95 bits per heavy atom. The quantitative estimate of drug-likeness (QED) is 0.758. The Kier molecular flexibility index (Phi) is 3.82. The number of aromatic nitrogens is 2. The molecule has 7 heteroatoms. The molecule has 0 radical (unpaired) electrons. The molecular formula is C13H20N4O3. The van der Waals surface area contributed by atoms with Gasteiger partial charge >= 0.3 is 0 Å². The van der Waals surface area contributed by atoms with Crippen LogP contribution in [0.4, 0.5) is 0 Å². The highest BCUT2D eigenvalue weighted by atomic mass is 16.5. The van der Waals surface area contributed by atoms with Crippen LogP contribution in [0.25, 0.3) is 0 Å². The Labute approximate surface area is 117 Å². The van der Waals surface area contributed by atoms with Gasteiger partial charge in [0.05, 0.1) is 19.3 Å². The van der Waals surface area contributed by atoms with E-state index in [9.17, 15) is 4.79 Å². The lowest BCUT2D eigenvalue weighted by Gasteiger charge is -2.35. The van der Waals surface area contributed by atoms with Crippen LogP contribution in [0.2, 0.25) is 0 Å². The highest BCUT2D eigenvalue weighted by Gasteiger charge is 2.33. The maximum Gasteiger partial charge on any atom is 0.239 e. The number of ether oxygens (including phenoxy) is 1. The average Bonchev–Trinajstić information content (AvgIpc) is 2.91. The second-order valence-corrected chi connectivity index (χ2v) is 5.59. The van der Waals surface area contributed by atoms with Gasteiger partial charge in [-0.15, -0.1) is 0 Å². The molecule has 2 atom stereocenters. The number of carbonyl (C=O) groups is 1. The molecular weight excluding hydrogens is 260 g/mol. The lowest BCUT2D eigenvalue weighted by Crippen LogP contribution is -2.45. The van der Waals surface area contributed by atoms with Gasteiger partial charge in [-0.1, -0.05) is 5.16 Å². The molecule has 0 bridgehead atoms. The van der Waals surface area contributed by atoms with Gasteiger partial charge in [-0.3, -0.25) is 9.69 Å². The molecule has 20 heavy (non-hydrogen) atoms. The van der Waals surface area contributed by atoms with E-state index in [-0.39, 0.29) is 11.8 Å². The fourth-order valence-electron chi connectivity index (χ4n) is 2.66. The smallest absolute Gasteiger partial charge is 0.239 e. The summed E-state index contributed by atoms with van der Waals surface area (Å²) in [5.74, 6) is 0.788. The maximum atomic E-state index is 11.9. The van der Waals surface area contributed by atoms with Crippen molar-refractivity contribution in [3.05, 3.63) is 11.7 Å². The summed E-state index contributed by atoms with van der Waals surface area (Å²) in [5, 5.41) is 4.07. The molecule has 2 fully saturated rings. The molecule has 1 aromatic heterocycles. The van der Waals surface area contributed by atoms with E-state index in [4.69, 9.17) is 9.26 Å². The minimum Gasteiger partial charge on any atom is -0.380 e. The van der Waals surface area contributed by atoms with Crippen LogP contribution >= 0.6 is 0 Å². The molecule has 7 nitrogen and oxygen atoms in total. The van der Waals surface area contributed by atoms with E-state index in [1.165, 1.54) is 0 Å². The number of rotatable bonds is 2. The molecule has 2 saturated heterocycles. The molecule has 110 valence electrons. The first-order chi connectivity index (χ1) is 9.65. The number of ketones is 1. The van der Waals surface area contributed by atoms with Crippen LogP contribution in [0.15, 0.2) is 4.52 Å². The Bertz CT molecular complexity index is 490. The number of carbonyl (C=O) groups excluding carboxylic acids is 1. The first-order valence-electron chi connectivity index (χ1n) is 6.98. The predicted molar refractivity (Wildman–Crippen MR) is 70.4 cm³/mol. The van der Waals surface area contributed by atoms with Crippen LogP contribution in [-0.4, -0.2) is 72.7 Å². The largest absolute Gasteiger partial charge is 0.380 e. The van der Waals surface area contributed by atoms with E-state index in [0.29, 0.717) is 31.3 Å². The lowest BCUT2D eigenvalue weighted by molar-refractivity contribution is -0.127. The van der Waals surface area contributed by atoms with Gasteiger partial charge < -0.3 is 14.2 Å². The van der Waals surface area contributed by atoms with Crippen molar-refractivity contribution in [2.75, 3.05) is 46.9 Å². The second kappa shape index (κ2) is 5.59. The summed E-state index contributed by atoms with van der Waals surface area (Å²) in [6, 6.07) is 0.117. The van der Waals surface area contributed by atoms with Crippen molar-refractivity contribution in [3.63, 3.8) is 0 Å². The van der Waals surface area contributed by atoms with Crippen molar-refractivity contribution in [2.45, 2.75) is 18.4 Å². The molecule has 1 aromatic rings. The molecule has 0 N–H and O–H groups in total. The molecule has 3 heterocycles. The van der Waals surface area contributed by atoms with E-state index in [0.717, 1.165) is 19.6 Å². The summed E-state index contributed by atoms with van der Waals surface area (Å²) >= 11 is 0. The normalized spacial score (nSPS) is 29.8. The molecule has 0 spiro atoms. The molecule has 2 aliphatic heterocycles. The number of likely N-dealkylation sites (N-methyl/N-ethyl adjacent to an activating group) is 2. The number of hydrogen-bond acceptors (Lipinski definition) is 7. The molecule has 2 aliphatic rings. The lowest BCUT2D eigenvalue weighted by atomic mass is 10.0. The van der Waals surface area contributed by atoms with Gasteiger partial charge in [-0.05, 0) is 14.1 Å².